The van der Waals surface area contributed by atoms with Gasteiger partial charge in [-0.2, -0.15) is 0 Å². The van der Waals surface area contributed by atoms with Gasteiger partial charge in [0.05, 0.1) is 0 Å². The van der Waals surface area contributed by atoms with E-state index in [1.54, 1.807) is 6.07 Å². The highest BCUT2D eigenvalue weighted by molar-refractivity contribution is 5.32. The zero-order valence-electron chi connectivity index (χ0n) is 12.1. The van der Waals surface area contributed by atoms with E-state index in [1.807, 2.05) is 13.8 Å². The first-order valence-corrected chi connectivity index (χ1v) is 6.94. The lowest BCUT2D eigenvalue weighted by molar-refractivity contribution is 0.519. The van der Waals surface area contributed by atoms with Crippen molar-refractivity contribution in [3.05, 3.63) is 70.5 Å². The molecule has 1 N–H and O–H groups in total. The summed E-state index contributed by atoms with van der Waals surface area (Å²) >= 11 is 0. The highest BCUT2D eigenvalue weighted by Crippen LogP contribution is 2.24. The van der Waals surface area contributed by atoms with Crippen molar-refractivity contribution in [2.75, 3.05) is 6.54 Å². The Balaban J connectivity index is 2.32. The van der Waals surface area contributed by atoms with Gasteiger partial charge in [0.2, 0.25) is 0 Å². The Morgan fingerprint density at radius 3 is 2.33 bits per heavy atom. The summed E-state index contributed by atoms with van der Waals surface area (Å²) in [6.07, 6.45) is 0.309. The molecule has 0 fully saturated rings. The first-order valence-electron chi connectivity index (χ1n) is 6.94. The van der Waals surface area contributed by atoms with Crippen LogP contribution in [0.5, 0.6) is 0 Å². The maximum Gasteiger partial charge on any atom is 0.126 e. The molecule has 1 atom stereocenters. The van der Waals surface area contributed by atoms with Crippen LogP contribution in [0.25, 0.3) is 0 Å². The van der Waals surface area contributed by atoms with Crippen LogP contribution in [0.15, 0.2) is 36.4 Å². The average molecular weight is 293 g/mol. The molecule has 0 radical (unpaired) electrons. The normalized spacial score (nSPS) is 12.4. The number of nitrogens with one attached hydrogen (secondary N) is 1. The van der Waals surface area contributed by atoms with Crippen LogP contribution < -0.4 is 5.32 Å². The third-order valence-corrected chi connectivity index (χ3v) is 3.49. The van der Waals surface area contributed by atoms with Crippen LogP contribution >= 0.6 is 0 Å². The quantitative estimate of drug-likeness (QED) is 0.866. The van der Waals surface area contributed by atoms with Gasteiger partial charge in [-0.25, -0.2) is 13.2 Å². The predicted molar refractivity (Wildman–Crippen MR) is 77.6 cm³/mol. The van der Waals surface area contributed by atoms with Crippen LogP contribution in [0.4, 0.5) is 13.2 Å². The Hall–Kier alpha value is -1.81. The van der Waals surface area contributed by atoms with Crippen molar-refractivity contribution in [3.8, 4) is 0 Å². The molecule has 2 aromatic rings. The molecule has 0 heterocycles. The largest absolute Gasteiger partial charge is 0.310 e. The molecule has 4 heteroatoms. The van der Waals surface area contributed by atoms with Gasteiger partial charge in [0.15, 0.2) is 0 Å². The van der Waals surface area contributed by atoms with Crippen molar-refractivity contribution >= 4 is 0 Å². The standard InChI is InChI=1S/C17H18F3N/c1-3-21-17(15-6-4-13(18)8-11(15)2)10-12-9-14(19)5-7-16(12)20/h4-9,17,21H,3,10H2,1-2H3. The second-order valence-corrected chi connectivity index (χ2v) is 5.05. The molecule has 0 aliphatic carbocycles. The summed E-state index contributed by atoms with van der Waals surface area (Å²) in [5.41, 5.74) is 1.99. The van der Waals surface area contributed by atoms with Gasteiger partial charge in [0.25, 0.3) is 0 Å². The van der Waals surface area contributed by atoms with Gasteiger partial charge < -0.3 is 5.32 Å². The summed E-state index contributed by atoms with van der Waals surface area (Å²) in [5, 5.41) is 3.24. The summed E-state index contributed by atoms with van der Waals surface area (Å²) in [5.74, 6) is -1.19. The van der Waals surface area contributed by atoms with E-state index in [0.717, 1.165) is 23.3 Å². The van der Waals surface area contributed by atoms with Gasteiger partial charge in [0, 0.05) is 6.04 Å². The fraction of sp³-hybridized carbons (Fsp3) is 0.294. The lowest BCUT2D eigenvalue weighted by Gasteiger charge is -2.21. The van der Waals surface area contributed by atoms with E-state index in [4.69, 9.17) is 0 Å². The Labute approximate surface area is 122 Å². The molecule has 0 amide bonds. The molecular weight excluding hydrogens is 275 g/mol. The molecule has 1 nitrogen and oxygen atoms in total. The van der Waals surface area contributed by atoms with E-state index in [9.17, 15) is 13.2 Å². The third-order valence-electron chi connectivity index (χ3n) is 3.49. The van der Waals surface area contributed by atoms with Crippen molar-refractivity contribution in [2.45, 2.75) is 26.3 Å². The van der Waals surface area contributed by atoms with Gasteiger partial charge in [-0.15, -0.1) is 0 Å². The fourth-order valence-corrected chi connectivity index (χ4v) is 2.49. The third kappa shape index (κ3) is 3.85. The van der Waals surface area contributed by atoms with Gasteiger partial charge in [-0.05, 0) is 66.9 Å². The molecule has 21 heavy (non-hydrogen) atoms. The van der Waals surface area contributed by atoms with Crippen molar-refractivity contribution in [1.82, 2.24) is 5.32 Å². The van der Waals surface area contributed by atoms with Crippen molar-refractivity contribution in [2.24, 2.45) is 0 Å². The zero-order valence-corrected chi connectivity index (χ0v) is 12.1. The minimum absolute atomic E-state index is 0.188. The zero-order chi connectivity index (χ0) is 15.4. The van der Waals surface area contributed by atoms with Crippen LogP contribution in [0, 0.1) is 24.4 Å². The molecule has 2 rings (SSSR count). The Morgan fingerprint density at radius 2 is 1.67 bits per heavy atom. The van der Waals surface area contributed by atoms with Gasteiger partial charge >= 0.3 is 0 Å². The van der Waals surface area contributed by atoms with E-state index in [1.165, 1.54) is 18.2 Å². The van der Waals surface area contributed by atoms with Crippen molar-refractivity contribution in [1.29, 1.82) is 0 Å². The van der Waals surface area contributed by atoms with Crippen LogP contribution in [-0.2, 0) is 6.42 Å². The summed E-state index contributed by atoms with van der Waals surface area (Å²) in [4.78, 5) is 0. The first-order chi connectivity index (χ1) is 10.0. The summed E-state index contributed by atoms with van der Waals surface area (Å²) < 4.78 is 40.3. The number of aryl methyl sites for hydroxylation is 1. The highest BCUT2D eigenvalue weighted by atomic mass is 19.1. The minimum atomic E-state index is -0.461. The second-order valence-electron chi connectivity index (χ2n) is 5.05. The Bertz CT molecular complexity index is 625. The predicted octanol–water partition coefficient (Wildman–Crippen LogP) is 4.31. The van der Waals surface area contributed by atoms with Gasteiger partial charge in [-0.3, -0.25) is 0 Å². The molecule has 112 valence electrons. The topological polar surface area (TPSA) is 12.0 Å². The van der Waals surface area contributed by atoms with Gasteiger partial charge in [-0.1, -0.05) is 13.0 Å². The molecular formula is C17H18F3N. The molecule has 0 aliphatic heterocycles. The summed E-state index contributed by atoms with van der Waals surface area (Å²) in [7, 11) is 0. The van der Waals surface area contributed by atoms with Crippen molar-refractivity contribution in [3.63, 3.8) is 0 Å². The molecule has 0 aromatic heterocycles. The smallest absolute Gasteiger partial charge is 0.126 e. The maximum absolute atomic E-state index is 13.8. The number of hydrogen-bond donors (Lipinski definition) is 1. The average Bonchev–Trinajstić information content (AvgIpc) is 2.42. The number of halogens is 3. The second kappa shape index (κ2) is 6.76. The van der Waals surface area contributed by atoms with Gasteiger partial charge in [0.1, 0.15) is 17.5 Å². The number of benzene rings is 2. The van der Waals surface area contributed by atoms with E-state index in [-0.39, 0.29) is 11.9 Å². The number of likely N-dealkylation sites (N-methyl/N-ethyl adjacent to an activating group) is 1. The Kier molecular flexibility index (Phi) is 5.02. The van der Waals surface area contributed by atoms with Crippen LogP contribution in [0.3, 0.4) is 0 Å². The lowest BCUT2D eigenvalue weighted by atomic mass is 9.95. The molecule has 0 saturated heterocycles. The molecule has 0 spiro atoms. The summed E-state index contributed by atoms with van der Waals surface area (Å²) in [6.45, 7) is 4.43. The lowest BCUT2D eigenvalue weighted by Crippen LogP contribution is -2.24. The number of rotatable bonds is 5. The minimum Gasteiger partial charge on any atom is -0.310 e. The van der Waals surface area contributed by atoms with Crippen LogP contribution in [-0.4, -0.2) is 6.54 Å². The van der Waals surface area contributed by atoms with Crippen LogP contribution in [0.1, 0.15) is 29.7 Å². The molecule has 0 saturated carbocycles. The maximum atomic E-state index is 13.8. The highest BCUT2D eigenvalue weighted by Gasteiger charge is 2.16. The molecule has 1 unspecified atom stereocenters. The van der Waals surface area contributed by atoms with E-state index < -0.39 is 11.6 Å². The monoisotopic (exact) mass is 293 g/mol. The SMILES string of the molecule is CCNC(Cc1cc(F)ccc1F)c1ccc(F)cc1C. The molecule has 0 aliphatic rings. The van der Waals surface area contributed by atoms with E-state index in [0.29, 0.717) is 18.5 Å². The molecule has 0 bridgehead atoms. The first kappa shape index (κ1) is 15.6. The number of hydrogen-bond acceptors (Lipinski definition) is 1. The molecule has 2 aromatic carbocycles. The summed E-state index contributed by atoms with van der Waals surface area (Å²) in [6, 6.07) is 7.77. The van der Waals surface area contributed by atoms with E-state index in [2.05, 4.69) is 5.32 Å². The van der Waals surface area contributed by atoms with Crippen molar-refractivity contribution < 1.29 is 13.2 Å². The Morgan fingerprint density at radius 1 is 1.00 bits per heavy atom. The van der Waals surface area contributed by atoms with E-state index >= 15 is 0 Å². The van der Waals surface area contributed by atoms with Crippen LogP contribution in [0.2, 0.25) is 0 Å². The fourth-order valence-electron chi connectivity index (χ4n) is 2.49.